The van der Waals surface area contributed by atoms with Gasteiger partial charge in [0.1, 0.15) is 47.7 Å². The third-order valence-corrected chi connectivity index (χ3v) is 13.7. The molecule has 6 aromatic rings. The monoisotopic (exact) mass is 992 g/mol. The maximum atomic E-state index is 18.0. The van der Waals surface area contributed by atoms with Gasteiger partial charge in [0.2, 0.25) is 0 Å². The van der Waals surface area contributed by atoms with E-state index >= 15 is 17.6 Å². The molecule has 1 saturated heterocycles. The molecule has 21 heteroatoms. The number of anilines is 3. The summed E-state index contributed by atoms with van der Waals surface area (Å²) < 4.78 is 117. The Morgan fingerprint density at radius 2 is 1.67 bits per heavy atom. The molecular formula is C49H47ClF6N8O6. The highest BCUT2D eigenvalue weighted by atomic mass is 35.5. The minimum Gasteiger partial charge on any atom is -0.497 e. The summed E-state index contributed by atoms with van der Waals surface area (Å²) in [5.41, 5.74) is -2.93. The second kappa shape index (κ2) is 18.5. The summed E-state index contributed by atoms with van der Waals surface area (Å²) in [6.07, 6.45) is -5.21. The van der Waals surface area contributed by atoms with E-state index in [9.17, 15) is 18.7 Å². The highest BCUT2D eigenvalue weighted by Crippen LogP contribution is 2.66. The second-order valence-electron chi connectivity index (χ2n) is 17.8. The number of amides is 1. The Labute approximate surface area is 403 Å². The van der Waals surface area contributed by atoms with Crippen LogP contribution in [-0.2, 0) is 19.3 Å². The smallest absolute Gasteiger partial charge is 0.418 e. The van der Waals surface area contributed by atoms with Crippen LogP contribution in [0.2, 0.25) is 5.02 Å². The van der Waals surface area contributed by atoms with Crippen LogP contribution in [0.1, 0.15) is 53.6 Å². The van der Waals surface area contributed by atoms with E-state index < -0.39 is 74.9 Å². The standard InChI is InChI=1S/C49H47ClF6N8O6/c1-26-19-34(63(21-28-8-12-31(67-4)13-9-28)22-29-10-14-32(68-5)15-11-29)58-40(37(26)49(54,55)56)35-38(50)42-36-41(39(35)51)59-45(70-23-30-20-47(25-62(30)3)24-48(47,52)53)61-44(36)64(17-18-69-42)27(2)33-7-6-16-57-43(33)60-46(65)66/h6-16,19,27,30H,17-18,20-25H2,1-5H3,(H,57,60)(H,65,66)/t27-,30+,47+/m1/s1. The largest absolute Gasteiger partial charge is 0.497 e. The molecule has 1 amide bonds. The fraction of sp³-hybridized carbons (Fsp3) is 0.367. The first-order valence-electron chi connectivity index (χ1n) is 22.2. The lowest BCUT2D eigenvalue weighted by Crippen LogP contribution is -2.32. The number of likely N-dealkylation sites (tertiary alicyclic amines) is 1. The Hall–Kier alpha value is -6.80. The first-order valence-corrected chi connectivity index (χ1v) is 22.6. The van der Waals surface area contributed by atoms with Gasteiger partial charge in [0.25, 0.3) is 5.92 Å². The van der Waals surface area contributed by atoms with Gasteiger partial charge in [-0.3, -0.25) is 10.2 Å². The molecule has 70 heavy (non-hydrogen) atoms. The van der Waals surface area contributed by atoms with Crippen molar-refractivity contribution in [2.45, 2.75) is 64.0 Å². The summed E-state index contributed by atoms with van der Waals surface area (Å²) in [6.45, 7) is 3.05. The van der Waals surface area contributed by atoms with Crippen molar-refractivity contribution < 1.29 is 55.2 Å². The first kappa shape index (κ1) is 48.2. The van der Waals surface area contributed by atoms with Crippen molar-refractivity contribution in [1.82, 2.24) is 24.8 Å². The predicted octanol–water partition coefficient (Wildman–Crippen LogP) is 10.6. The van der Waals surface area contributed by atoms with Gasteiger partial charge < -0.3 is 33.9 Å². The lowest BCUT2D eigenvalue weighted by Gasteiger charge is -2.30. The Balaban J connectivity index is 1.22. The number of benzene rings is 3. The number of nitrogens with zero attached hydrogens (tertiary/aromatic N) is 7. The van der Waals surface area contributed by atoms with Crippen molar-refractivity contribution in [2.75, 3.05) is 62.7 Å². The summed E-state index contributed by atoms with van der Waals surface area (Å²) in [6, 6.07) is 17.1. The van der Waals surface area contributed by atoms with Crippen LogP contribution in [0, 0.1) is 18.2 Å². The first-order chi connectivity index (χ1) is 33.3. The molecule has 3 aromatic carbocycles. The van der Waals surface area contributed by atoms with Crippen LogP contribution in [0.3, 0.4) is 0 Å². The zero-order chi connectivity index (χ0) is 49.9. The molecule has 0 bridgehead atoms. The fourth-order valence-corrected chi connectivity index (χ4v) is 9.91. The maximum Gasteiger partial charge on any atom is 0.418 e. The number of likely N-dealkylation sites (N-methyl/N-ethyl adjacent to an activating group) is 1. The normalized spacial score (nSPS) is 18.9. The van der Waals surface area contributed by atoms with Crippen LogP contribution in [0.25, 0.3) is 22.2 Å². The SMILES string of the molecule is COc1ccc(CN(Cc2ccc(OC)cc2)c2cc(C)c(C(F)(F)F)c(-c3c(Cl)c4c5c(nc(OC[C@@H]6C[C@@]7(CN6C)CC7(F)F)nc5c3F)N([C@H](C)c3cccnc3NC(=O)O)CCO4)n2)cc1. The minimum atomic E-state index is -5.08. The molecule has 1 spiro atoms. The predicted molar refractivity (Wildman–Crippen MR) is 249 cm³/mol. The van der Waals surface area contributed by atoms with Crippen LogP contribution in [0.4, 0.5) is 48.6 Å². The number of aryl methyl sites for hydroxylation is 1. The third kappa shape index (κ3) is 9.09. The number of hydrogen-bond acceptors (Lipinski definition) is 12. The number of carbonyl (C=O) groups is 1. The van der Waals surface area contributed by atoms with Crippen molar-refractivity contribution in [2.24, 2.45) is 5.41 Å². The molecule has 2 fully saturated rings. The summed E-state index contributed by atoms with van der Waals surface area (Å²) in [5.74, 6) is -3.13. The van der Waals surface area contributed by atoms with E-state index in [0.29, 0.717) is 17.1 Å². The van der Waals surface area contributed by atoms with Crippen LogP contribution >= 0.6 is 11.6 Å². The number of alkyl halides is 5. The van der Waals surface area contributed by atoms with E-state index in [1.807, 2.05) is 24.3 Å². The molecular weight excluding hydrogens is 946 g/mol. The number of rotatable bonds is 14. The van der Waals surface area contributed by atoms with E-state index in [0.717, 1.165) is 11.1 Å². The molecule has 3 aromatic heterocycles. The summed E-state index contributed by atoms with van der Waals surface area (Å²) in [5, 5.41) is 11.3. The van der Waals surface area contributed by atoms with Crippen LogP contribution in [0.15, 0.2) is 72.9 Å². The topological polar surface area (TPSA) is 148 Å². The molecule has 1 saturated carbocycles. The Morgan fingerprint density at radius 3 is 2.24 bits per heavy atom. The van der Waals surface area contributed by atoms with E-state index in [1.54, 1.807) is 65.1 Å². The van der Waals surface area contributed by atoms with Gasteiger partial charge in [0.05, 0.1) is 59.5 Å². The van der Waals surface area contributed by atoms with Crippen molar-refractivity contribution in [3.63, 3.8) is 0 Å². The van der Waals surface area contributed by atoms with Gasteiger partial charge in [-0.1, -0.05) is 41.9 Å². The third-order valence-electron chi connectivity index (χ3n) is 13.3. The van der Waals surface area contributed by atoms with E-state index in [-0.39, 0.29) is 86.4 Å². The zero-order valence-electron chi connectivity index (χ0n) is 38.5. The molecule has 9 rings (SSSR count). The molecule has 14 nitrogen and oxygen atoms in total. The van der Waals surface area contributed by atoms with Gasteiger partial charge in [-0.05, 0) is 80.4 Å². The molecule has 2 aliphatic heterocycles. The summed E-state index contributed by atoms with van der Waals surface area (Å²) in [7, 11) is 4.75. The van der Waals surface area contributed by atoms with Crippen molar-refractivity contribution in [3.05, 3.63) is 112 Å². The average Bonchev–Trinajstić information content (AvgIpc) is 3.78. The lowest BCUT2D eigenvalue weighted by molar-refractivity contribution is -0.137. The van der Waals surface area contributed by atoms with Crippen LogP contribution < -0.4 is 34.1 Å². The van der Waals surface area contributed by atoms with Gasteiger partial charge in [0.15, 0.2) is 11.6 Å². The van der Waals surface area contributed by atoms with Gasteiger partial charge in [-0.25, -0.2) is 27.9 Å². The van der Waals surface area contributed by atoms with E-state index in [4.69, 9.17) is 35.5 Å². The van der Waals surface area contributed by atoms with Gasteiger partial charge >= 0.3 is 18.3 Å². The second-order valence-corrected chi connectivity index (χ2v) is 18.2. The Morgan fingerprint density at radius 1 is 1.03 bits per heavy atom. The molecule has 5 heterocycles. The summed E-state index contributed by atoms with van der Waals surface area (Å²) >= 11 is 7.15. The molecule has 3 atom stereocenters. The van der Waals surface area contributed by atoms with Crippen LogP contribution in [0.5, 0.6) is 23.3 Å². The number of carboxylic acid groups (broad SMARTS) is 1. The maximum absolute atomic E-state index is 18.0. The number of ether oxygens (including phenoxy) is 4. The molecule has 1 aliphatic carbocycles. The average molecular weight is 993 g/mol. The number of hydrogen-bond donors (Lipinski definition) is 2. The van der Waals surface area contributed by atoms with Gasteiger partial charge in [-0.15, -0.1) is 0 Å². The van der Waals surface area contributed by atoms with Gasteiger partial charge in [-0.2, -0.15) is 23.1 Å². The number of methoxy groups -OCH3 is 2. The van der Waals surface area contributed by atoms with Crippen LogP contribution in [-0.4, -0.2) is 95.6 Å². The lowest BCUT2D eigenvalue weighted by atomic mass is 9.98. The Bertz CT molecular complexity index is 2920. The van der Waals surface area contributed by atoms with Crippen molar-refractivity contribution in [3.8, 4) is 34.5 Å². The molecule has 2 N–H and O–H groups in total. The van der Waals surface area contributed by atoms with Crippen molar-refractivity contribution in [1.29, 1.82) is 0 Å². The number of aromatic nitrogens is 4. The zero-order valence-corrected chi connectivity index (χ0v) is 39.3. The highest BCUT2D eigenvalue weighted by molar-refractivity contribution is 6.36. The molecule has 0 radical (unpaired) electrons. The minimum absolute atomic E-state index is 0.00154. The van der Waals surface area contributed by atoms with E-state index in [2.05, 4.69) is 20.3 Å². The quantitative estimate of drug-likeness (QED) is 0.0999. The highest BCUT2D eigenvalue weighted by Gasteiger charge is 2.73. The van der Waals surface area contributed by atoms with Crippen molar-refractivity contribution >= 4 is 46.1 Å². The Kier molecular flexibility index (Phi) is 12.8. The molecule has 368 valence electrons. The molecule has 0 unspecified atom stereocenters. The van der Waals surface area contributed by atoms with Gasteiger partial charge in [0, 0.05) is 43.9 Å². The summed E-state index contributed by atoms with van der Waals surface area (Å²) in [4.78, 5) is 35.0. The number of pyridine rings is 2. The molecule has 3 aliphatic rings. The number of halogens is 7. The van der Waals surface area contributed by atoms with E-state index in [1.165, 1.54) is 33.4 Å². The number of nitrogens with one attached hydrogen (secondary N) is 1. The fourth-order valence-electron chi connectivity index (χ4n) is 9.59.